The highest BCUT2D eigenvalue weighted by atomic mass is 127. The maximum atomic E-state index is 4.60. The largest absolute Gasteiger partial charge is 0.356 e. The van der Waals surface area contributed by atoms with Gasteiger partial charge in [-0.1, -0.05) is 33.6 Å². The summed E-state index contributed by atoms with van der Waals surface area (Å²) in [5.74, 6) is 1.36. The monoisotopic (exact) mass is 410 g/mol. The number of rotatable bonds is 7. The minimum atomic E-state index is 0. The molecule has 1 rings (SSSR count). The van der Waals surface area contributed by atoms with E-state index in [0.717, 1.165) is 24.1 Å². The molecule has 0 amide bonds. The second kappa shape index (κ2) is 11.3. The molecule has 0 radical (unpaired) electrons. The molecule has 1 aromatic heterocycles. The van der Waals surface area contributed by atoms with Gasteiger partial charge in [-0.25, -0.2) is 4.98 Å². The lowest BCUT2D eigenvalue weighted by atomic mass is 10.2. The molecule has 20 heavy (non-hydrogen) atoms. The Morgan fingerprint density at radius 1 is 1.35 bits per heavy atom. The zero-order chi connectivity index (χ0) is 14.1. The molecule has 2 N–H and O–H groups in total. The van der Waals surface area contributed by atoms with E-state index in [1.807, 2.05) is 0 Å². The Labute approximate surface area is 143 Å². The van der Waals surface area contributed by atoms with Gasteiger partial charge < -0.3 is 10.6 Å². The van der Waals surface area contributed by atoms with Crippen LogP contribution in [-0.2, 0) is 6.54 Å². The van der Waals surface area contributed by atoms with E-state index in [2.05, 4.69) is 46.8 Å². The van der Waals surface area contributed by atoms with E-state index >= 15 is 0 Å². The van der Waals surface area contributed by atoms with Gasteiger partial charge >= 0.3 is 0 Å². The third-order valence-corrected chi connectivity index (χ3v) is 3.73. The lowest BCUT2D eigenvalue weighted by molar-refractivity contribution is 0.682. The van der Waals surface area contributed by atoms with Crippen LogP contribution in [0.4, 0.5) is 0 Å². The van der Waals surface area contributed by atoms with Gasteiger partial charge in [0.2, 0.25) is 0 Å². The Morgan fingerprint density at radius 2 is 2.10 bits per heavy atom. The zero-order valence-corrected chi connectivity index (χ0v) is 16.0. The molecule has 0 fully saturated rings. The van der Waals surface area contributed by atoms with Crippen molar-refractivity contribution in [3.05, 3.63) is 16.1 Å². The fraction of sp³-hybridized carbons (Fsp3) is 0.714. The van der Waals surface area contributed by atoms with E-state index in [1.54, 1.807) is 18.4 Å². The topological polar surface area (TPSA) is 49.3 Å². The highest BCUT2D eigenvalue weighted by Gasteiger charge is 2.06. The smallest absolute Gasteiger partial charge is 0.191 e. The van der Waals surface area contributed by atoms with Gasteiger partial charge in [0.05, 0.1) is 12.2 Å². The van der Waals surface area contributed by atoms with Gasteiger partial charge in [0.15, 0.2) is 5.96 Å². The predicted molar refractivity (Wildman–Crippen MR) is 99.3 cm³/mol. The van der Waals surface area contributed by atoms with Gasteiger partial charge in [-0.15, -0.1) is 35.3 Å². The summed E-state index contributed by atoms with van der Waals surface area (Å²) in [5.41, 5.74) is 1.17. The molecule has 1 aromatic rings. The Morgan fingerprint density at radius 3 is 2.65 bits per heavy atom. The highest BCUT2D eigenvalue weighted by Crippen LogP contribution is 2.17. The number of aliphatic imine (C=N–C) groups is 1. The van der Waals surface area contributed by atoms with E-state index in [9.17, 15) is 0 Å². The van der Waals surface area contributed by atoms with Crippen LogP contribution in [0.1, 0.15) is 56.7 Å². The van der Waals surface area contributed by atoms with Crippen LogP contribution in [0.5, 0.6) is 0 Å². The van der Waals surface area contributed by atoms with E-state index in [-0.39, 0.29) is 24.0 Å². The summed E-state index contributed by atoms with van der Waals surface area (Å²) in [4.78, 5) is 8.81. The number of unbranched alkanes of at least 4 members (excludes halogenated alkanes) is 2. The molecule has 0 spiro atoms. The lowest BCUT2D eigenvalue weighted by Gasteiger charge is -2.10. The minimum Gasteiger partial charge on any atom is -0.356 e. The first-order chi connectivity index (χ1) is 9.17. The summed E-state index contributed by atoms with van der Waals surface area (Å²) >= 11 is 1.71. The summed E-state index contributed by atoms with van der Waals surface area (Å²) in [5, 5.41) is 9.87. The fourth-order valence-corrected chi connectivity index (χ4v) is 2.53. The van der Waals surface area contributed by atoms with Gasteiger partial charge in [-0.3, -0.25) is 4.99 Å². The van der Waals surface area contributed by atoms with Crippen LogP contribution in [0.2, 0.25) is 0 Å². The van der Waals surface area contributed by atoms with Crippen LogP contribution in [0.15, 0.2) is 10.4 Å². The molecule has 6 heteroatoms. The number of hydrogen-bond donors (Lipinski definition) is 2. The van der Waals surface area contributed by atoms with Crippen molar-refractivity contribution in [2.24, 2.45) is 4.99 Å². The Hall–Kier alpha value is -0.370. The molecule has 0 unspecified atom stereocenters. The maximum Gasteiger partial charge on any atom is 0.191 e. The molecule has 0 atom stereocenters. The maximum absolute atomic E-state index is 4.60. The number of nitrogens with zero attached hydrogens (tertiary/aromatic N) is 2. The Balaban J connectivity index is 0.00000361. The number of thiazole rings is 1. The normalized spacial score (nSPS) is 11.3. The standard InChI is InChI=1S/C14H26N4S.HI/c1-5-6-7-8-16-14(15-4)17-9-13-18-12(10-19-13)11(2)3;/h10-11H,5-9H2,1-4H3,(H2,15,16,17);1H. The third kappa shape index (κ3) is 7.42. The summed E-state index contributed by atoms with van der Waals surface area (Å²) in [6.45, 7) is 8.26. The number of nitrogens with one attached hydrogen (secondary N) is 2. The average molecular weight is 410 g/mol. The predicted octanol–water partition coefficient (Wildman–Crippen LogP) is 3.74. The van der Waals surface area contributed by atoms with Crippen molar-refractivity contribution in [3.63, 3.8) is 0 Å². The second-order valence-electron chi connectivity index (χ2n) is 4.88. The highest BCUT2D eigenvalue weighted by molar-refractivity contribution is 14.0. The molecule has 0 aliphatic heterocycles. The van der Waals surface area contributed by atoms with Gasteiger partial charge in [-0.05, 0) is 12.3 Å². The first-order valence-electron chi connectivity index (χ1n) is 7.06. The molecule has 0 saturated heterocycles. The van der Waals surface area contributed by atoms with E-state index in [0.29, 0.717) is 5.92 Å². The van der Waals surface area contributed by atoms with Crippen molar-refractivity contribution in [3.8, 4) is 0 Å². The van der Waals surface area contributed by atoms with Crippen molar-refractivity contribution >= 4 is 41.3 Å². The fourth-order valence-electron chi connectivity index (χ4n) is 1.63. The molecule has 0 bridgehead atoms. The Kier molecular flexibility index (Phi) is 11.1. The zero-order valence-electron chi connectivity index (χ0n) is 12.9. The summed E-state index contributed by atoms with van der Waals surface area (Å²) < 4.78 is 0. The SMILES string of the molecule is CCCCCNC(=NC)NCc1nc(C(C)C)cs1.I. The molecular weight excluding hydrogens is 383 g/mol. The van der Waals surface area contributed by atoms with Gasteiger partial charge in [0.25, 0.3) is 0 Å². The molecule has 1 heterocycles. The van der Waals surface area contributed by atoms with E-state index in [1.165, 1.54) is 25.0 Å². The van der Waals surface area contributed by atoms with Gasteiger partial charge in [0.1, 0.15) is 5.01 Å². The van der Waals surface area contributed by atoms with Crippen LogP contribution >= 0.6 is 35.3 Å². The quantitative estimate of drug-likeness (QED) is 0.312. The van der Waals surface area contributed by atoms with E-state index in [4.69, 9.17) is 0 Å². The van der Waals surface area contributed by atoms with Crippen LogP contribution in [0.3, 0.4) is 0 Å². The molecular formula is C14H27IN4S. The van der Waals surface area contributed by atoms with Crippen molar-refractivity contribution in [2.75, 3.05) is 13.6 Å². The second-order valence-corrected chi connectivity index (χ2v) is 5.82. The van der Waals surface area contributed by atoms with Crippen LogP contribution in [0.25, 0.3) is 0 Å². The average Bonchev–Trinajstić information content (AvgIpc) is 2.87. The lowest BCUT2D eigenvalue weighted by Crippen LogP contribution is -2.37. The minimum absolute atomic E-state index is 0. The molecule has 116 valence electrons. The number of halogens is 1. The first kappa shape index (κ1) is 19.6. The van der Waals surface area contributed by atoms with Crippen LogP contribution in [-0.4, -0.2) is 24.5 Å². The van der Waals surface area contributed by atoms with Gasteiger partial charge in [-0.2, -0.15) is 0 Å². The summed E-state index contributed by atoms with van der Waals surface area (Å²) in [6, 6.07) is 0. The molecule has 4 nitrogen and oxygen atoms in total. The van der Waals surface area contributed by atoms with Crippen LogP contribution < -0.4 is 10.6 Å². The number of guanidine groups is 1. The molecule has 0 aromatic carbocycles. The van der Waals surface area contributed by atoms with Crippen molar-refractivity contribution in [1.82, 2.24) is 15.6 Å². The number of aromatic nitrogens is 1. The summed E-state index contributed by atoms with van der Waals surface area (Å²) in [6.07, 6.45) is 3.69. The molecule has 0 aliphatic carbocycles. The van der Waals surface area contributed by atoms with Crippen molar-refractivity contribution in [2.45, 2.75) is 52.5 Å². The Bertz CT molecular complexity index is 390. The first-order valence-corrected chi connectivity index (χ1v) is 7.94. The number of hydrogen-bond acceptors (Lipinski definition) is 3. The van der Waals surface area contributed by atoms with Gasteiger partial charge in [0, 0.05) is 19.0 Å². The molecule has 0 aliphatic rings. The molecule has 0 saturated carbocycles. The van der Waals surface area contributed by atoms with E-state index < -0.39 is 0 Å². The summed E-state index contributed by atoms with van der Waals surface area (Å²) in [7, 11) is 1.80. The third-order valence-electron chi connectivity index (χ3n) is 2.86. The van der Waals surface area contributed by atoms with Crippen molar-refractivity contribution < 1.29 is 0 Å². The van der Waals surface area contributed by atoms with Crippen molar-refractivity contribution in [1.29, 1.82) is 0 Å². The van der Waals surface area contributed by atoms with Crippen LogP contribution in [0, 0.1) is 0 Å².